The van der Waals surface area contributed by atoms with E-state index in [1.165, 1.54) is 18.2 Å². The molecule has 0 amide bonds. The number of benzene rings is 2. The van der Waals surface area contributed by atoms with E-state index in [2.05, 4.69) is 0 Å². The van der Waals surface area contributed by atoms with Crippen molar-refractivity contribution in [2.24, 2.45) is 0 Å². The smallest absolute Gasteiger partial charge is 0.178 e. The van der Waals surface area contributed by atoms with Crippen LogP contribution in [0.5, 0.6) is 0 Å². The normalized spacial score (nSPS) is 11.6. The molecular formula is C15H14F2O2S. The molecule has 2 rings (SSSR count). The summed E-state index contributed by atoms with van der Waals surface area (Å²) in [4.78, 5) is -0.380. The summed E-state index contributed by atoms with van der Waals surface area (Å²) in [6.07, 6.45) is 1.51. The maximum Gasteiger partial charge on any atom is 0.178 e. The molecule has 0 aliphatic carbocycles. The summed E-state index contributed by atoms with van der Waals surface area (Å²) in [5, 5.41) is 0. The van der Waals surface area contributed by atoms with Gasteiger partial charge < -0.3 is 0 Å². The van der Waals surface area contributed by atoms with Crippen molar-refractivity contribution in [1.82, 2.24) is 0 Å². The van der Waals surface area contributed by atoms with Crippen LogP contribution in [0.4, 0.5) is 8.78 Å². The Morgan fingerprint density at radius 2 is 1.55 bits per heavy atom. The van der Waals surface area contributed by atoms with Crippen LogP contribution in [0.3, 0.4) is 0 Å². The summed E-state index contributed by atoms with van der Waals surface area (Å²) in [5.74, 6) is -1.16. The maximum atomic E-state index is 13.8. The van der Waals surface area contributed by atoms with E-state index in [-0.39, 0.29) is 10.7 Å². The van der Waals surface area contributed by atoms with E-state index >= 15 is 0 Å². The third-order valence-electron chi connectivity index (χ3n) is 3.10. The van der Waals surface area contributed by atoms with Crippen molar-refractivity contribution < 1.29 is 17.2 Å². The molecule has 106 valence electrons. The highest BCUT2D eigenvalue weighted by Crippen LogP contribution is 2.26. The first-order valence-electron chi connectivity index (χ1n) is 6.11. The van der Waals surface area contributed by atoms with Crippen LogP contribution in [-0.2, 0) is 16.3 Å². The molecule has 2 nitrogen and oxygen atoms in total. The molecule has 0 saturated carbocycles. The third-order valence-corrected chi connectivity index (χ3v) is 4.21. The summed E-state index contributed by atoms with van der Waals surface area (Å²) < 4.78 is 50.3. The summed E-state index contributed by atoms with van der Waals surface area (Å²) in [7, 11) is -3.66. The predicted molar refractivity (Wildman–Crippen MR) is 74.3 cm³/mol. The Balaban J connectivity index is 2.57. The summed E-state index contributed by atoms with van der Waals surface area (Å²) in [6, 6.07) is 8.42. The fraction of sp³-hybridized carbons (Fsp3) is 0.200. The van der Waals surface area contributed by atoms with Gasteiger partial charge in [0, 0.05) is 6.26 Å². The van der Waals surface area contributed by atoms with Crippen molar-refractivity contribution in [2.75, 3.05) is 6.26 Å². The van der Waals surface area contributed by atoms with Crippen molar-refractivity contribution in [3.05, 3.63) is 53.6 Å². The van der Waals surface area contributed by atoms with Crippen molar-refractivity contribution >= 4 is 9.84 Å². The Bertz CT molecular complexity index is 752. The minimum Gasteiger partial charge on any atom is -0.224 e. The molecule has 5 heteroatoms. The third kappa shape index (κ3) is 2.88. The van der Waals surface area contributed by atoms with Crippen LogP contribution in [0.2, 0.25) is 0 Å². The first kappa shape index (κ1) is 14.7. The highest BCUT2D eigenvalue weighted by molar-refractivity contribution is 7.90. The number of sulfone groups is 1. The number of rotatable bonds is 3. The van der Waals surface area contributed by atoms with Crippen LogP contribution in [0.15, 0.2) is 41.3 Å². The molecule has 20 heavy (non-hydrogen) atoms. The molecule has 0 heterocycles. The lowest BCUT2D eigenvalue weighted by atomic mass is 10.0. The van der Waals surface area contributed by atoms with Crippen LogP contribution in [-0.4, -0.2) is 14.7 Å². The van der Waals surface area contributed by atoms with Crippen molar-refractivity contribution in [3.63, 3.8) is 0 Å². The second-order valence-electron chi connectivity index (χ2n) is 4.58. The molecule has 0 aliphatic heterocycles. The van der Waals surface area contributed by atoms with Crippen molar-refractivity contribution in [3.8, 4) is 11.1 Å². The zero-order valence-corrected chi connectivity index (χ0v) is 12.0. The molecule has 0 bridgehead atoms. The van der Waals surface area contributed by atoms with E-state index in [1.54, 1.807) is 12.1 Å². The monoisotopic (exact) mass is 296 g/mol. The second kappa shape index (κ2) is 5.32. The predicted octanol–water partition coefficient (Wildman–Crippen LogP) is 3.60. The quantitative estimate of drug-likeness (QED) is 0.867. The van der Waals surface area contributed by atoms with Crippen molar-refractivity contribution in [2.45, 2.75) is 18.2 Å². The second-order valence-corrected chi connectivity index (χ2v) is 6.56. The Kier molecular flexibility index (Phi) is 3.90. The van der Waals surface area contributed by atoms with Gasteiger partial charge in [0.05, 0.1) is 0 Å². The number of halogens is 2. The van der Waals surface area contributed by atoms with Crippen LogP contribution in [0.1, 0.15) is 12.5 Å². The molecule has 0 atom stereocenters. The van der Waals surface area contributed by atoms with E-state index in [4.69, 9.17) is 0 Å². The van der Waals surface area contributed by atoms with Crippen LogP contribution >= 0.6 is 0 Å². The van der Waals surface area contributed by atoms with Gasteiger partial charge in [-0.3, -0.25) is 0 Å². The molecule has 0 aliphatic rings. The SMILES string of the molecule is CCc1ccc(-c2ccc(F)c(S(C)(=O)=O)c2)cc1F. The van der Waals surface area contributed by atoms with Gasteiger partial charge in [-0.15, -0.1) is 0 Å². The van der Waals surface area contributed by atoms with E-state index in [0.717, 1.165) is 12.3 Å². The highest BCUT2D eigenvalue weighted by atomic mass is 32.2. The molecule has 0 aromatic heterocycles. The average Bonchev–Trinajstić information content (AvgIpc) is 2.37. The zero-order chi connectivity index (χ0) is 14.9. The van der Waals surface area contributed by atoms with E-state index in [9.17, 15) is 17.2 Å². The summed E-state index contributed by atoms with van der Waals surface area (Å²) in [5.41, 5.74) is 1.57. The van der Waals surface area contributed by atoms with Gasteiger partial charge in [0.15, 0.2) is 9.84 Å². The van der Waals surface area contributed by atoms with E-state index < -0.39 is 15.7 Å². The molecule has 2 aromatic carbocycles. The minimum absolute atomic E-state index is 0.352. The van der Waals surface area contributed by atoms with Crippen molar-refractivity contribution in [1.29, 1.82) is 0 Å². The minimum atomic E-state index is -3.66. The first-order valence-corrected chi connectivity index (χ1v) is 8.00. The molecule has 2 aromatic rings. The zero-order valence-electron chi connectivity index (χ0n) is 11.2. The lowest BCUT2D eigenvalue weighted by Crippen LogP contribution is -2.01. The maximum absolute atomic E-state index is 13.8. The van der Waals surface area contributed by atoms with Gasteiger partial charge in [-0.25, -0.2) is 17.2 Å². The molecule has 0 fully saturated rings. The first-order chi connectivity index (χ1) is 9.32. The van der Waals surface area contributed by atoms with Gasteiger partial charge in [-0.1, -0.05) is 25.1 Å². The average molecular weight is 296 g/mol. The molecule has 0 spiro atoms. The largest absolute Gasteiger partial charge is 0.224 e. The number of hydrogen-bond donors (Lipinski definition) is 0. The fourth-order valence-electron chi connectivity index (χ4n) is 1.98. The fourth-order valence-corrected chi connectivity index (χ4v) is 2.74. The van der Waals surface area contributed by atoms with Crippen LogP contribution in [0, 0.1) is 11.6 Å². The van der Waals surface area contributed by atoms with Gasteiger partial charge in [0.1, 0.15) is 16.5 Å². The highest BCUT2D eigenvalue weighted by Gasteiger charge is 2.15. The molecule has 0 saturated heterocycles. The van der Waals surface area contributed by atoms with E-state index in [1.807, 2.05) is 6.92 Å². The van der Waals surface area contributed by atoms with Gasteiger partial charge in [-0.05, 0) is 41.3 Å². The summed E-state index contributed by atoms with van der Waals surface area (Å²) >= 11 is 0. The number of aryl methyl sites for hydroxylation is 1. The molecule has 0 unspecified atom stereocenters. The molecule has 0 radical (unpaired) electrons. The molecular weight excluding hydrogens is 282 g/mol. The van der Waals surface area contributed by atoms with Gasteiger partial charge >= 0.3 is 0 Å². The Labute approximate surface area is 117 Å². The molecule has 0 N–H and O–H groups in total. The Hall–Kier alpha value is -1.75. The summed E-state index contributed by atoms with van der Waals surface area (Å²) in [6.45, 7) is 1.84. The van der Waals surface area contributed by atoms with Crippen LogP contribution in [0.25, 0.3) is 11.1 Å². The Morgan fingerprint density at radius 1 is 0.950 bits per heavy atom. The number of hydrogen-bond acceptors (Lipinski definition) is 2. The lowest BCUT2D eigenvalue weighted by Gasteiger charge is -2.07. The van der Waals surface area contributed by atoms with Gasteiger partial charge in [0.2, 0.25) is 0 Å². The van der Waals surface area contributed by atoms with E-state index in [0.29, 0.717) is 23.1 Å². The van der Waals surface area contributed by atoms with Crippen LogP contribution < -0.4 is 0 Å². The standard InChI is InChI=1S/C15H14F2O2S/c1-3-10-4-5-11(8-14(10)17)12-6-7-13(16)15(9-12)20(2,18)19/h4-9H,3H2,1-2H3. The lowest BCUT2D eigenvalue weighted by molar-refractivity contribution is 0.571. The Morgan fingerprint density at radius 3 is 2.10 bits per heavy atom. The van der Waals surface area contributed by atoms with Gasteiger partial charge in [-0.2, -0.15) is 0 Å². The topological polar surface area (TPSA) is 34.1 Å². The van der Waals surface area contributed by atoms with Gasteiger partial charge in [0.25, 0.3) is 0 Å².